The summed E-state index contributed by atoms with van der Waals surface area (Å²) in [5.41, 5.74) is 2.33. The normalized spacial score (nSPS) is 10.3. The van der Waals surface area contributed by atoms with Gasteiger partial charge in [0, 0.05) is 21.3 Å². The van der Waals surface area contributed by atoms with Crippen molar-refractivity contribution in [3.8, 4) is 0 Å². The molecule has 0 heterocycles. The van der Waals surface area contributed by atoms with Gasteiger partial charge < -0.3 is 9.64 Å². The van der Waals surface area contributed by atoms with Crippen molar-refractivity contribution in [2.45, 2.75) is 13.5 Å². The summed E-state index contributed by atoms with van der Waals surface area (Å²) >= 11 is 17.9. The zero-order valence-corrected chi connectivity index (χ0v) is 19.5. The Labute approximate surface area is 201 Å². The fourth-order valence-corrected chi connectivity index (χ4v) is 3.65. The molecule has 3 aromatic rings. The molecule has 0 aliphatic carbocycles. The van der Waals surface area contributed by atoms with Gasteiger partial charge in [-0.05, 0) is 73.2 Å². The molecule has 0 saturated carbocycles. The quantitative estimate of drug-likeness (QED) is 0.347. The van der Waals surface area contributed by atoms with E-state index in [0.29, 0.717) is 26.9 Å². The summed E-state index contributed by atoms with van der Waals surface area (Å²) in [5.74, 6) is -0.739. The third kappa shape index (κ3) is 6.07. The number of hydrogen-bond acceptors (Lipinski definition) is 4. The molecule has 0 aliphatic heterocycles. The van der Waals surface area contributed by atoms with E-state index >= 15 is 0 Å². The summed E-state index contributed by atoms with van der Waals surface area (Å²) in [4.78, 5) is 26.3. The highest BCUT2D eigenvalue weighted by Crippen LogP contribution is 2.25. The van der Waals surface area contributed by atoms with Gasteiger partial charge in [-0.1, -0.05) is 47.5 Å². The van der Waals surface area contributed by atoms with Gasteiger partial charge in [0.15, 0.2) is 5.11 Å². The number of carbonyl (C=O) groups excluding carboxylic acids is 2. The van der Waals surface area contributed by atoms with Crippen molar-refractivity contribution < 1.29 is 14.3 Å². The molecule has 0 fully saturated rings. The molecule has 0 unspecified atom stereocenters. The number of ether oxygens (including phenoxy) is 1. The van der Waals surface area contributed by atoms with E-state index in [9.17, 15) is 9.59 Å². The van der Waals surface area contributed by atoms with Crippen LogP contribution in [0.3, 0.4) is 0 Å². The topological polar surface area (TPSA) is 58.6 Å². The summed E-state index contributed by atoms with van der Waals surface area (Å²) < 4.78 is 5.03. The number of carbonyl (C=O) groups is 2. The molecule has 0 aromatic heterocycles. The highest BCUT2D eigenvalue weighted by molar-refractivity contribution is 7.80. The Balaban J connectivity index is 1.89. The lowest BCUT2D eigenvalue weighted by Crippen LogP contribution is -2.42. The Kier molecular flexibility index (Phi) is 8.22. The molecule has 0 radical (unpaired) electrons. The number of rotatable bonds is 6. The Morgan fingerprint density at radius 1 is 0.969 bits per heavy atom. The van der Waals surface area contributed by atoms with Crippen molar-refractivity contribution in [3.05, 3.63) is 99.5 Å². The SMILES string of the molecule is CCOC(=O)c1ccc(N(Cc2ccc(Cl)cc2Cl)C(=S)NC(=O)c2ccccc2)cc1. The number of thiocarbonyl (C=S) groups is 1. The molecule has 0 saturated heterocycles. The van der Waals surface area contributed by atoms with E-state index in [4.69, 9.17) is 40.2 Å². The summed E-state index contributed by atoms with van der Waals surface area (Å²) in [6.45, 7) is 2.32. The summed E-state index contributed by atoms with van der Waals surface area (Å²) in [5, 5.41) is 3.94. The lowest BCUT2D eigenvalue weighted by molar-refractivity contribution is 0.0526. The monoisotopic (exact) mass is 486 g/mol. The summed E-state index contributed by atoms with van der Waals surface area (Å²) in [6, 6.07) is 20.7. The summed E-state index contributed by atoms with van der Waals surface area (Å²) in [7, 11) is 0. The van der Waals surface area contributed by atoms with Gasteiger partial charge in [-0.25, -0.2) is 4.79 Å². The second kappa shape index (κ2) is 11.1. The predicted molar refractivity (Wildman–Crippen MR) is 132 cm³/mol. The Morgan fingerprint density at radius 3 is 2.28 bits per heavy atom. The number of benzene rings is 3. The van der Waals surface area contributed by atoms with Crippen LogP contribution in [0.5, 0.6) is 0 Å². The van der Waals surface area contributed by atoms with Crippen LogP contribution in [-0.2, 0) is 11.3 Å². The molecular formula is C24H20Cl2N2O3S. The minimum Gasteiger partial charge on any atom is -0.462 e. The maximum Gasteiger partial charge on any atom is 0.338 e. The predicted octanol–water partition coefficient (Wildman–Crippen LogP) is 5.89. The first kappa shape index (κ1) is 23.7. The van der Waals surface area contributed by atoms with Crippen LogP contribution in [0.4, 0.5) is 5.69 Å². The fraction of sp³-hybridized carbons (Fsp3) is 0.125. The number of amides is 1. The van der Waals surface area contributed by atoms with Crippen LogP contribution < -0.4 is 10.2 Å². The molecule has 0 spiro atoms. The number of nitrogens with zero attached hydrogens (tertiary/aromatic N) is 1. The van der Waals surface area contributed by atoms with Gasteiger partial charge in [0.1, 0.15) is 0 Å². The van der Waals surface area contributed by atoms with Gasteiger partial charge in [0.2, 0.25) is 0 Å². The van der Waals surface area contributed by atoms with Gasteiger partial charge in [0.05, 0.1) is 18.7 Å². The highest BCUT2D eigenvalue weighted by atomic mass is 35.5. The average Bonchev–Trinajstić information content (AvgIpc) is 2.79. The van der Waals surface area contributed by atoms with E-state index in [-0.39, 0.29) is 24.2 Å². The van der Waals surface area contributed by atoms with Crippen LogP contribution in [0.2, 0.25) is 10.0 Å². The second-order valence-corrected chi connectivity index (χ2v) is 7.94. The van der Waals surface area contributed by atoms with E-state index < -0.39 is 5.97 Å². The van der Waals surface area contributed by atoms with Crippen LogP contribution in [0.15, 0.2) is 72.8 Å². The van der Waals surface area contributed by atoms with Gasteiger partial charge in [0.25, 0.3) is 5.91 Å². The zero-order chi connectivity index (χ0) is 23.1. The average molecular weight is 487 g/mol. The van der Waals surface area contributed by atoms with Crippen molar-refractivity contribution in [3.63, 3.8) is 0 Å². The van der Waals surface area contributed by atoms with Crippen LogP contribution in [0, 0.1) is 0 Å². The Hall–Kier alpha value is -2.93. The number of anilines is 1. The van der Waals surface area contributed by atoms with E-state index in [1.54, 1.807) is 78.6 Å². The van der Waals surface area contributed by atoms with Gasteiger partial charge in [-0.3, -0.25) is 10.1 Å². The molecule has 3 aromatic carbocycles. The zero-order valence-electron chi connectivity index (χ0n) is 17.2. The van der Waals surface area contributed by atoms with E-state index in [0.717, 1.165) is 5.56 Å². The molecule has 0 atom stereocenters. The lowest BCUT2D eigenvalue weighted by atomic mass is 10.1. The molecule has 0 bridgehead atoms. The van der Waals surface area contributed by atoms with Crippen molar-refractivity contribution in [2.24, 2.45) is 0 Å². The Morgan fingerprint density at radius 2 is 1.66 bits per heavy atom. The maximum atomic E-state index is 12.6. The second-order valence-electron chi connectivity index (χ2n) is 6.71. The van der Waals surface area contributed by atoms with Gasteiger partial charge >= 0.3 is 5.97 Å². The smallest absolute Gasteiger partial charge is 0.338 e. The number of hydrogen-bond donors (Lipinski definition) is 1. The molecule has 8 heteroatoms. The molecule has 5 nitrogen and oxygen atoms in total. The van der Waals surface area contributed by atoms with Crippen molar-refractivity contribution in [1.29, 1.82) is 0 Å². The van der Waals surface area contributed by atoms with Crippen molar-refractivity contribution in [1.82, 2.24) is 5.32 Å². The van der Waals surface area contributed by atoms with Crippen LogP contribution in [0.1, 0.15) is 33.2 Å². The minimum absolute atomic E-state index is 0.189. The third-order valence-corrected chi connectivity index (χ3v) is 5.44. The highest BCUT2D eigenvalue weighted by Gasteiger charge is 2.18. The van der Waals surface area contributed by atoms with Gasteiger partial charge in [-0.15, -0.1) is 0 Å². The van der Waals surface area contributed by atoms with E-state index in [1.165, 1.54) is 0 Å². The molecule has 164 valence electrons. The van der Waals surface area contributed by atoms with Crippen LogP contribution in [-0.4, -0.2) is 23.6 Å². The first-order valence-electron chi connectivity index (χ1n) is 9.78. The largest absolute Gasteiger partial charge is 0.462 e. The molecule has 3 rings (SSSR count). The number of nitrogens with one attached hydrogen (secondary N) is 1. The Bertz CT molecular complexity index is 1120. The van der Waals surface area contributed by atoms with Crippen LogP contribution >= 0.6 is 35.4 Å². The molecule has 1 N–H and O–H groups in total. The standard InChI is InChI=1S/C24H20Cl2N2O3S/c1-2-31-23(30)17-9-12-20(13-10-17)28(15-18-8-11-19(25)14-21(18)26)24(32)27-22(29)16-6-4-3-5-7-16/h3-14H,2,15H2,1H3,(H,27,29,32). The van der Waals surface area contributed by atoms with Crippen molar-refractivity contribution in [2.75, 3.05) is 11.5 Å². The van der Waals surface area contributed by atoms with Crippen LogP contribution in [0.25, 0.3) is 0 Å². The first-order valence-corrected chi connectivity index (χ1v) is 10.9. The van der Waals surface area contributed by atoms with Crippen molar-refractivity contribution >= 4 is 58.1 Å². The molecule has 32 heavy (non-hydrogen) atoms. The van der Waals surface area contributed by atoms with E-state index in [1.807, 2.05) is 6.07 Å². The van der Waals surface area contributed by atoms with E-state index in [2.05, 4.69) is 5.32 Å². The maximum absolute atomic E-state index is 12.6. The number of halogens is 2. The summed E-state index contributed by atoms with van der Waals surface area (Å²) in [6.07, 6.45) is 0. The number of esters is 1. The molecule has 0 aliphatic rings. The molecule has 1 amide bonds. The van der Waals surface area contributed by atoms with Gasteiger partial charge in [-0.2, -0.15) is 0 Å². The third-order valence-electron chi connectivity index (χ3n) is 4.54. The molecular weight excluding hydrogens is 467 g/mol. The first-order chi connectivity index (χ1) is 15.4. The minimum atomic E-state index is -0.411. The lowest BCUT2D eigenvalue weighted by Gasteiger charge is -2.26. The fourth-order valence-electron chi connectivity index (χ4n) is 2.92.